The summed E-state index contributed by atoms with van der Waals surface area (Å²) < 4.78 is 0. The third-order valence-corrected chi connectivity index (χ3v) is 3.28. The summed E-state index contributed by atoms with van der Waals surface area (Å²) in [6.45, 7) is 4.00. The van der Waals surface area contributed by atoms with Crippen LogP contribution in [-0.4, -0.2) is 16.9 Å². The van der Waals surface area contributed by atoms with Gasteiger partial charge in [0.1, 0.15) is 5.15 Å². The first-order valence-electron chi connectivity index (χ1n) is 6.05. The largest absolute Gasteiger partial charge is 0.349 e. The standard InChI is InChI=1S/C13H17ClN2O/c1-3-4-9-6-11(9)16-13(17)10-5-8(2)15-12(14)7-10/h5,7,9,11H,3-4,6H2,1-2H3,(H,16,17). The number of hydrogen-bond acceptors (Lipinski definition) is 2. The Hall–Kier alpha value is -1.09. The molecule has 2 rings (SSSR count). The number of aryl methyl sites for hydroxylation is 1. The van der Waals surface area contributed by atoms with E-state index in [1.54, 1.807) is 12.1 Å². The average molecular weight is 253 g/mol. The average Bonchev–Trinajstić information content (AvgIpc) is 2.95. The third-order valence-electron chi connectivity index (χ3n) is 3.08. The first kappa shape index (κ1) is 12.4. The van der Waals surface area contributed by atoms with Gasteiger partial charge in [0.05, 0.1) is 0 Å². The molecule has 0 aliphatic heterocycles. The fourth-order valence-electron chi connectivity index (χ4n) is 2.13. The van der Waals surface area contributed by atoms with Crippen LogP contribution in [0.1, 0.15) is 42.2 Å². The van der Waals surface area contributed by atoms with Crippen LogP contribution >= 0.6 is 11.6 Å². The van der Waals surface area contributed by atoms with E-state index in [-0.39, 0.29) is 5.91 Å². The van der Waals surface area contributed by atoms with Crippen molar-refractivity contribution in [3.8, 4) is 0 Å². The second kappa shape index (κ2) is 5.05. The fourth-order valence-corrected chi connectivity index (χ4v) is 2.38. The van der Waals surface area contributed by atoms with Gasteiger partial charge in [0, 0.05) is 17.3 Å². The molecule has 1 aromatic heterocycles. The van der Waals surface area contributed by atoms with Crippen LogP contribution in [0.15, 0.2) is 12.1 Å². The van der Waals surface area contributed by atoms with Gasteiger partial charge in [-0.1, -0.05) is 24.9 Å². The van der Waals surface area contributed by atoms with Gasteiger partial charge in [-0.2, -0.15) is 0 Å². The Kier molecular flexibility index (Phi) is 3.67. The minimum absolute atomic E-state index is 0.0407. The molecule has 0 spiro atoms. The second-order valence-corrected chi connectivity index (χ2v) is 5.07. The van der Waals surface area contributed by atoms with E-state index in [1.165, 1.54) is 12.8 Å². The van der Waals surface area contributed by atoms with Crippen LogP contribution in [0.5, 0.6) is 0 Å². The summed E-state index contributed by atoms with van der Waals surface area (Å²) in [5.74, 6) is 0.628. The van der Waals surface area contributed by atoms with Crippen molar-refractivity contribution in [2.24, 2.45) is 5.92 Å². The predicted octanol–water partition coefficient (Wildman–Crippen LogP) is 2.96. The van der Waals surface area contributed by atoms with E-state index in [1.807, 2.05) is 6.92 Å². The van der Waals surface area contributed by atoms with Crippen molar-refractivity contribution < 1.29 is 4.79 Å². The molecule has 1 aliphatic rings. The first-order valence-corrected chi connectivity index (χ1v) is 6.43. The molecule has 4 heteroatoms. The third kappa shape index (κ3) is 3.19. The number of carbonyl (C=O) groups excluding carboxylic acids is 1. The topological polar surface area (TPSA) is 42.0 Å². The number of carbonyl (C=O) groups is 1. The molecule has 1 heterocycles. The Labute approximate surface area is 107 Å². The van der Waals surface area contributed by atoms with Crippen LogP contribution in [0.3, 0.4) is 0 Å². The molecule has 17 heavy (non-hydrogen) atoms. The van der Waals surface area contributed by atoms with Crippen molar-refractivity contribution in [1.82, 2.24) is 10.3 Å². The van der Waals surface area contributed by atoms with Crippen LogP contribution in [0.25, 0.3) is 0 Å². The van der Waals surface area contributed by atoms with Crippen LogP contribution in [0, 0.1) is 12.8 Å². The molecule has 2 unspecified atom stereocenters. The Bertz CT molecular complexity index is 413. The van der Waals surface area contributed by atoms with E-state index in [9.17, 15) is 4.79 Å². The molecule has 2 atom stereocenters. The molecule has 1 aliphatic carbocycles. The maximum atomic E-state index is 12.0. The molecule has 0 radical (unpaired) electrons. The molecule has 1 N–H and O–H groups in total. The Morgan fingerprint density at radius 3 is 3.00 bits per heavy atom. The highest BCUT2D eigenvalue weighted by Crippen LogP contribution is 2.34. The van der Waals surface area contributed by atoms with E-state index < -0.39 is 0 Å². The number of amides is 1. The van der Waals surface area contributed by atoms with Crippen molar-refractivity contribution >= 4 is 17.5 Å². The van der Waals surface area contributed by atoms with Gasteiger partial charge < -0.3 is 5.32 Å². The molecule has 92 valence electrons. The Morgan fingerprint density at radius 2 is 2.35 bits per heavy atom. The Balaban J connectivity index is 1.96. The predicted molar refractivity (Wildman–Crippen MR) is 68.3 cm³/mol. The van der Waals surface area contributed by atoms with E-state index in [0.29, 0.717) is 22.7 Å². The number of aromatic nitrogens is 1. The number of pyridine rings is 1. The van der Waals surface area contributed by atoms with Crippen molar-refractivity contribution in [1.29, 1.82) is 0 Å². The monoisotopic (exact) mass is 252 g/mol. The van der Waals surface area contributed by atoms with Gasteiger partial charge >= 0.3 is 0 Å². The molecule has 1 fully saturated rings. The lowest BCUT2D eigenvalue weighted by atomic mass is 10.2. The summed E-state index contributed by atoms with van der Waals surface area (Å²) in [5.41, 5.74) is 1.37. The maximum absolute atomic E-state index is 12.0. The summed E-state index contributed by atoms with van der Waals surface area (Å²) in [4.78, 5) is 16.0. The van der Waals surface area contributed by atoms with Crippen LogP contribution in [0.2, 0.25) is 5.15 Å². The molecule has 3 nitrogen and oxygen atoms in total. The number of halogens is 1. The molecule has 0 saturated heterocycles. The minimum Gasteiger partial charge on any atom is -0.349 e. The molecule has 1 amide bonds. The zero-order valence-electron chi connectivity index (χ0n) is 10.2. The normalized spacial score (nSPS) is 22.3. The minimum atomic E-state index is -0.0407. The second-order valence-electron chi connectivity index (χ2n) is 4.68. The molecular formula is C13H17ClN2O. The molecular weight excluding hydrogens is 236 g/mol. The zero-order valence-corrected chi connectivity index (χ0v) is 10.9. The van der Waals surface area contributed by atoms with E-state index in [0.717, 1.165) is 12.1 Å². The van der Waals surface area contributed by atoms with Crippen molar-refractivity contribution in [3.05, 3.63) is 28.5 Å². The summed E-state index contributed by atoms with van der Waals surface area (Å²) in [7, 11) is 0. The smallest absolute Gasteiger partial charge is 0.251 e. The van der Waals surface area contributed by atoms with Crippen molar-refractivity contribution in [2.45, 2.75) is 39.2 Å². The number of nitrogens with zero attached hydrogens (tertiary/aromatic N) is 1. The summed E-state index contributed by atoms with van der Waals surface area (Å²) >= 11 is 5.83. The summed E-state index contributed by atoms with van der Waals surface area (Å²) in [6, 6.07) is 3.73. The molecule has 0 bridgehead atoms. The van der Waals surface area contributed by atoms with Crippen LogP contribution in [0.4, 0.5) is 0 Å². The highest BCUT2D eigenvalue weighted by molar-refractivity contribution is 6.29. The van der Waals surface area contributed by atoms with Gasteiger partial charge in [-0.15, -0.1) is 0 Å². The van der Waals surface area contributed by atoms with Gasteiger partial charge in [-0.3, -0.25) is 4.79 Å². The van der Waals surface area contributed by atoms with Gasteiger partial charge in [-0.05, 0) is 37.8 Å². The van der Waals surface area contributed by atoms with Crippen LogP contribution < -0.4 is 5.32 Å². The summed E-state index contributed by atoms with van der Waals surface area (Å²) in [6.07, 6.45) is 3.48. The first-order chi connectivity index (χ1) is 8.10. The SMILES string of the molecule is CCCC1CC1NC(=O)c1cc(C)nc(Cl)c1. The van der Waals surface area contributed by atoms with Gasteiger partial charge in [-0.25, -0.2) is 4.98 Å². The molecule has 1 saturated carbocycles. The van der Waals surface area contributed by atoms with E-state index in [2.05, 4.69) is 17.2 Å². The maximum Gasteiger partial charge on any atom is 0.251 e. The summed E-state index contributed by atoms with van der Waals surface area (Å²) in [5, 5.41) is 3.41. The van der Waals surface area contributed by atoms with Gasteiger partial charge in [0.25, 0.3) is 5.91 Å². The number of nitrogens with one attached hydrogen (secondary N) is 1. The lowest BCUT2D eigenvalue weighted by Crippen LogP contribution is -2.27. The Morgan fingerprint density at radius 1 is 1.59 bits per heavy atom. The van der Waals surface area contributed by atoms with E-state index in [4.69, 9.17) is 11.6 Å². The number of rotatable bonds is 4. The zero-order chi connectivity index (χ0) is 12.4. The van der Waals surface area contributed by atoms with Crippen molar-refractivity contribution in [2.75, 3.05) is 0 Å². The number of hydrogen-bond donors (Lipinski definition) is 1. The highest BCUT2D eigenvalue weighted by Gasteiger charge is 2.37. The van der Waals surface area contributed by atoms with Gasteiger partial charge in [0.15, 0.2) is 0 Å². The lowest BCUT2D eigenvalue weighted by molar-refractivity contribution is 0.0948. The fraction of sp³-hybridized carbons (Fsp3) is 0.538. The quantitative estimate of drug-likeness (QED) is 0.837. The van der Waals surface area contributed by atoms with Crippen molar-refractivity contribution in [3.63, 3.8) is 0 Å². The van der Waals surface area contributed by atoms with E-state index >= 15 is 0 Å². The molecule has 1 aromatic rings. The van der Waals surface area contributed by atoms with Crippen LogP contribution in [-0.2, 0) is 0 Å². The van der Waals surface area contributed by atoms with Gasteiger partial charge in [0.2, 0.25) is 0 Å². The molecule has 0 aromatic carbocycles. The lowest BCUT2D eigenvalue weighted by Gasteiger charge is -2.05. The highest BCUT2D eigenvalue weighted by atomic mass is 35.5.